The van der Waals surface area contributed by atoms with E-state index in [1.807, 2.05) is 13.8 Å². The van der Waals surface area contributed by atoms with E-state index in [9.17, 15) is 9.18 Å². The molecule has 1 atom stereocenters. The first-order valence-electron chi connectivity index (χ1n) is 6.07. The number of halogens is 1. The van der Waals surface area contributed by atoms with Crippen LogP contribution in [0.3, 0.4) is 0 Å². The lowest BCUT2D eigenvalue weighted by Gasteiger charge is -2.18. The highest BCUT2D eigenvalue weighted by Crippen LogP contribution is 2.12. The lowest BCUT2D eigenvalue weighted by Crippen LogP contribution is -2.32. The summed E-state index contributed by atoms with van der Waals surface area (Å²) >= 11 is 0. The number of hydrogen-bond acceptors (Lipinski definition) is 3. The van der Waals surface area contributed by atoms with Gasteiger partial charge in [0.15, 0.2) is 0 Å². The second kappa shape index (κ2) is 7.11. The first kappa shape index (κ1) is 14.6. The molecule has 1 rings (SSSR count). The van der Waals surface area contributed by atoms with Gasteiger partial charge in [0.1, 0.15) is 5.82 Å². The molecule has 0 saturated carbocycles. The van der Waals surface area contributed by atoms with Gasteiger partial charge in [-0.05, 0) is 23.6 Å². The molecule has 0 aromatic heterocycles. The molecule has 1 N–H and O–H groups in total. The Hall–Kier alpha value is -1.42. The monoisotopic (exact) mass is 253 g/mol. The van der Waals surface area contributed by atoms with Crippen LogP contribution >= 0.6 is 0 Å². The summed E-state index contributed by atoms with van der Waals surface area (Å²) in [4.78, 5) is 11.5. The Morgan fingerprint density at radius 3 is 2.44 bits per heavy atom. The Kier molecular flexibility index (Phi) is 5.78. The number of esters is 1. The van der Waals surface area contributed by atoms with Gasteiger partial charge in [-0.2, -0.15) is 0 Å². The van der Waals surface area contributed by atoms with E-state index in [4.69, 9.17) is 4.74 Å². The van der Waals surface area contributed by atoms with Crippen molar-refractivity contribution < 1.29 is 13.9 Å². The van der Waals surface area contributed by atoms with Crippen molar-refractivity contribution in [2.24, 2.45) is 11.8 Å². The van der Waals surface area contributed by atoms with Crippen LogP contribution in [0.2, 0.25) is 0 Å². The van der Waals surface area contributed by atoms with Gasteiger partial charge in [0.25, 0.3) is 0 Å². The first-order chi connectivity index (χ1) is 8.54. The highest BCUT2D eigenvalue weighted by molar-refractivity contribution is 5.72. The van der Waals surface area contributed by atoms with Gasteiger partial charge in [-0.15, -0.1) is 0 Å². The molecule has 0 bridgehead atoms. The van der Waals surface area contributed by atoms with Crippen LogP contribution in [0.15, 0.2) is 24.3 Å². The molecule has 0 fully saturated rings. The van der Waals surface area contributed by atoms with Gasteiger partial charge in [-0.25, -0.2) is 4.39 Å². The van der Waals surface area contributed by atoms with E-state index >= 15 is 0 Å². The topological polar surface area (TPSA) is 38.3 Å². The molecule has 1 unspecified atom stereocenters. The average molecular weight is 253 g/mol. The summed E-state index contributed by atoms with van der Waals surface area (Å²) in [6.45, 7) is 5.14. The minimum absolute atomic E-state index is 0.157. The van der Waals surface area contributed by atoms with Gasteiger partial charge in [-0.1, -0.05) is 26.0 Å². The van der Waals surface area contributed by atoms with Crippen molar-refractivity contribution >= 4 is 5.97 Å². The lowest BCUT2D eigenvalue weighted by atomic mass is 9.96. The van der Waals surface area contributed by atoms with Crippen molar-refractivity contribution in [3.8, 4) is 0 Å². The van der Waals surface area contributed by atoms with E-state index in [1.165, 1.54) is 19.2 Å². The number of benzene rings is 1. The molecular formula is C14H20FNO2. The fraction of sp³-hybridized carbons (Fsp3) is 0.500. The van der Waals surface area contributed by atoms with Crippen molar-refractivity contribution in [1.29, 1.82) is 0 Å². The SMILES string of the molecule is COC(=O)C(CNCc1ccc(F)cc1)C(C)C. The smallest absolute Gasteiger partial charge is 0.310 e. The molecule has 0 saturated heterocycles. The summed E-state index contributed by atoms with van der Waals surface area (Å²) in [6.07, 6.45) is 0. The summed E-state index contributed by atoms with van der Waals surface area (Å²) in [5, 5.41) is 3.19. The number of methoxy groups -OCH3 is 1. The van der Waals surface area contributed by atoms with Crippen LogP contribution in [0.1, 0.15) is 19.4 Å². The molecule has 18 heavy (non-hydrogen) atoms. The van der Waals surface area contributed by atoms with Gasteiger partial charge < -0.3 is 10.1 Å². The standard InChI is InChI=1S/C14H20FNO2/c1-10(2)13(14(17)18-3)9-16-8-11-4-6-12(15)7-5-11/h4-7,10,13,16H,8-9H2,1-3H3. The van der Waals surface area contributed by atoms with Gasteiger partial charge in [0, 0.05) is 13.1 Å². The predicted molar refractivity (Wildman–Crippen MR) is 68.5 cm³/mol. The quantitative estimate of drug-likeness (QED) is 0.791. The number of hydrogen-bond donors (Lipinski definition) is 1. The summed E-state index contributed by atoms with van der Waals surface area (Å²) in [5.74, 6) is -0.376. The maximum atomic E-state index is 12.7. The Labute approximate surface area is 107 Å². The Balaban J connectivity index is 2.43. The third kappa shape index (κ3) is 4.45. The largest absolute Gasteiger partial charge is 0.469 e. The van der Waals surface area contributed by atoms with Gasteiger partial charge in [0.2, 0.25) is 0 Å². The van der Waals surface area contributed by atoms with Crippen molar-refractivity contribution in [2.45, 2.75) is 20.4 Å². The van der Waals surface area contributed by atoms with E-state index in [-0.39, 0.29) is 23.6 Å². The normalized spacial score (nSPS) is 12.5. The molecule has 100 valence electrons. The molecule has 0 amide bonds. The summed E-state index contributed by atoms with van der Waals surface area (Å²) in [7, 11) is 1.40. The molecule has 4 heteroatoms. The van der Waals surface area contributed by atoms with Crippen LogP contribution in [0.25, 0.3) is 0 Å². The fourth-order valence-electron chi connectivity index (χ4n) is 1.72. The first-order valence-corrected chi connectivity index (χ1v) is 6.07. The second-order valence-corrected chi connectivity index (χ2v) is 4.63. The number of carbonyl (C=O) groups is 1. The van der Waals surface area contributed by atoms with E-state index in [2.05, 4.69) is 5.32 Å². The summed E-state index contributed by atoms with van der Waals surface area (Å²) < 4.78 is 17.5. The lowest BCUT2D eigenvalue weighted by molar-refractivity contribution is -0.146. The molecule has 1 aromatic rings. The highest BCUT2D eigenvalue weighted by atomic mass is 19.1. The second-order valence-electron chi connectivity index (χ2n) is 4.63. The molecule has 0 aliphatic carbocycles. The minimum atomic E-state index is -0.242. The van der Waals surface area contributed by atoms with Gasteiger partial charge in [0.05, 0.1) is 13.0 Å². The molecule has 0 spiro atoms. The van der Waals surface area contributed by atoms with E-state index in [1.54, 1.807) is 12.1 Å². The zero-order valence-corrected chi connectivity index (χ0v) is 11.1. The third-order valence-electron chi connectivity index (χ3n) is 2.92. The van der Waals surface area contributed by atoms with Crippen molar-refractivity contribution in [1.82, 2.24) is 5.32 Å². The van der Waals surface area contributed by atoms with Crippen LogP contribution in [0.5, 0.6) is 0 Å². The van der Waals surface area contributed by atoms with Gasteiger partial charge >= 0.3 is 5.97 Å². The Morgan fingerprint density at radius 2 is 1.94 bits per heavy atom. The van der Waals surface area contributed by atoms with E-state index in [0.717, 1.165) is 5.56 Å². The van der Waals surface area contributed by atoms with Crippen molar-refractivity contribution in [3.63, 3.8) is 0 Å². The van der Waals surface area contributed by atoms with Crippen molar-refractivity contribution in [2.75, 3.05) is 13.7 Å². The zero-order chi connectivity index (χ0) is 13.5. The number of rotatable bonds is 6. The van der Waals surface area contributed by atoms with Crippen LogP contribution in [0, 0.1) is 17.7 Å². The number of carbonyl (C=O) groups excluding carboxylic acids is 1. The third-order valence-corrected chi connectivity index (χ3v) is 2.92. The van der Waals surface area contributed by atoms with Crippen LogP contribution < -0.4 is 5.32 Å². The maximum Gasteiger partial charge on any atom is 0.310 e. The maximum absolute atomic E-state index is 12.7. The summed E-state index contributed by atoms with van der Waals surface area (Å²) in [5.41, 5.74) is 0.990. The van der Waals surface area contributed by atoms with E-state index < -0.39 is 0 Å². The zero-order valence-electron chi connectivity index (χ0n) is 11.1. The Morgan fingerprint density at radius 1 is 1.33 bits per heavy atom. The molecule has 3 nitrogen and oxygen atoms in total. The number of ether oxygens (including phenoxy) is 1. The summed E-state index contributed by atoms with van der Waals surface area (Å²) in [6, 6.07) is 6.31. The minimum Gasteiger partial charge on any atom is -0.469 e. The predicted octanol–water partition coefficient (Wildman–Crippen LogP) is 2.36. The average Bonchev–Trinajstić information content (AvgIpc) is 2.35. The van der Waals surface area contributed by atoms with Crippen molar-refractivity contribution in [3.05, 3.63) is 35.6 Å². The fourth-order valence-corrected chi connectivity index (χ4v) is 1.72. The van der Waals surface area contributed by atoms with E-state index in [0.29, 0.717) is 13.1 Å². The molecule has 1 aromatic carbocycles. The molecular weight excluding hydrogens is 233 g/mol. The molecule has 0 aliphatic rings. The van der Waals surface area contributed by atoms with Crippen LogP contribution in [-0.2, 0) is 16.1 Å². The Bertz CT molecular complexity index is 376. The van der Waals surface area contributed by atoms with Crippen LogP contribution in [-0.4, -0.2) is 19.6 Å². The van der Waals surface area contributed by atoms with Crippen LogP contribution in [0.4, 0.5) is 4.39 Å². The van der Waals surface area contributed by atoms with Gasteiger partial charge in [-0.3, -0.25) is 4.79 Å². The molecule has 0 aliphatic heterocycles. The molecule has 0 heterocycles. The molecule has 0 radical (unpaired) electrons. The number of nitrogens with one attached hydrogen (secondary N) is 1. The highest BCUT2D eigenvalue weighted by Gasteiger charge is 2.22.